The molecule has 146 valence electrons. The highest BCUT2D eigenvalue weighted by atomic mass is 32.1. The van der Waals surface area contributed by atoms with Crippen LogP contribution in [0.3, 0.4) is 0 Å². The second-order valence-electron chi connectivity index (χ2n) is 6.99. The molecule has 3 aromatic rings. The Hall–Kier alpha value is -2.07. The molecule has 7 nitrogen and oxygen atoms in total. The standard InChI is InChI=1S/C19H21N5O2S2/c25-18-14-12-23(4-3-15(14)21-17(22-18)16-2-1-9-27-16)11-13-10-20-19(28-13)24-5-7-26-8-6-24/h1-2,9-10H,3-8,11-12H2,(H,21,22,25). The number of ether oxygens (including phenoxy) is 1. The summed E-state index contributed by atoms with van der Waals surface area (Å²) in [5.74, 6) is 0.685. The second-order valence-corrected chi connectivity index (χ2v) is 9.03. The van der Waals surface area contributed by atoms with Gasteiger partial charge in [0.15, 0.2) is 11.0 Å². The van der Waals surface area contributed by atoms with Crippen LogP contribution in [-0.2, 0) is 24.2 Å². The quantitative estimate of drug-likeness (QED) is 0.705. The predicted molar refractivity (Wildman–Crippen MR) is 111 cm³/mol. The van der Waals surface area contributed by atoms with Gasteiger partial charge in [-0.3, -0.25) is 9.69 Å². The normalized spacial score (nSPS) is 17.6. The highest BCUT2D eigenvalue weighted by Crippen LogP contribution is 2.27. The van der Waals surface area contributed by atoms with Crippen LogP contribution in [0.2, 0.25) is 0 Å². The molecule has 0 bridgehead atoms. The number of thiophene rings is 1. The summed E-state index contributed by atoms with van der Waals surface area (Å²) in [6.07, 6.45) is 2.76. The Morgan fingerprint density at radius 2 is 2.14 bits per heavy atom. The molecule has 0 atom stereocenters. The van der Waals surface area contributed by atoms with E-state index in [4.69, 9.17) is 9.72 Å². The van der Waals surface area contributed by atoms with Crippen molar-refractivity contribution >= 4 is 27.8 Å². The van der Waals surface area contributed by atoms with Crippen molar-refractivity contribution in [3.63, 3.8) is 0 Å². The van der Waals surface area contributed by atoms with Crippen molar-refractivity contribution in [1.82, 2.24) is 19.9 Å². The topological polar surface area (TPSA) is 74.4 Å². The van der Waals surface area contributed by atoms with E-state index in [1.807, 2.05) is 23.7 Å². The van der Waals surface area contributed by atoms with Crippen LogP contribution >= 0.6 is 22.7 Å². The maximum Gasteiger partial charge on any atom is 0.255 e. The third-order valence-corrected chi connectivity index (χ3v) is 7.02. The SMILES string of the molecule is O=c1[nH]c(-c2cccs2)nc2c1CN(Cc1cnc(N3CCOCC3)s1)CC2. The molecular weight excluding hydrogens is 394 g/mol. The second kappa shape index (κ2) is 7.75. The molecule has 0 unspecified atom stereocenters. The van der Waals surface area contributed by atoms with Gasteiger partial charge in [0.2, 0.25) is 0 Å². The van der Waals surface area contributed by atoms with Gasteiger partial charge >= 0.3 is 0 Å². The number of nitrogens with one attached hydrogen (secondary N) is 1. The van der Waals surface area contributed by atoms with Gasteiger partial charge in [-0.05, 0) is 11.4 Å². The average molecular weight is 416 g/mol. The lowest BCUT2D eigenvalue weighted by Crippen LogP contribution is -2.36. The van der Waals surface area contributed by atoms with Gasteiger partial charge in [0.05, 0.1) is 29.3 Å². The Bertz CT molecular complexity index is 1010. The average Bonchev–Trinajstić information content (AvgIpc) is 3.41. The Morgan fingerprint density at radius 1 is 1.25 bits per heavy atom. The van der Waals surface area contributed by atoms with Crippen LogP contribution in [0.25, 0.3) is 10.7 Å². The smallest absolute Gasteiger partial charge is 0.255 e. The molecule has 0 aliphatic carbocycles. The molecule has 0 radical (unpaired) electrons. The number of fused-ring (bicyclic) bond motifs is 1. The number of morpholine rings is 1. The number of hydrogen-bond donors (Lipinski definition) is 1. The third kappa shape index (κ3) is 3.62. The number of aromatic amines is 1. The molecule has 0 aromatic carbocycles. The van der Waals surface area contributed by atoms with Crippen LogP contribution in [0.5, 0.6) is 0 Å². The van der Waals surface area contributed by atoms with Gasteiger partial charge in [0, 0.05) is 50.2 Å². The Balaban J connectivity index is 1.30. The van der Waals surface area contributed by atoms with Crippen LogP contribution in [0, 0.1) is 0 Å². The number of H-pyrrole nitrogens is 1. The number of nitrogens with zero attached hydrogens (tertiary/aromatic N) is 4. The maximum atomic E-state index is 12.6. The van der Waals surface area contributed by atoms with Crippen molar-refractivity contribution in [3.05, 3.63) is 50.2 Å². The monoisotopic (exact) mass is 415 g/mol. The van der Waals surface area contributed by atoms with E-state index in [9.17, 15) is 4.79 Å². The lowest BCUT2D eigenvalue weighted by Gasteiger charge is -2.27. The first-order valence-electron chi connectivity index (χ1n) is 9.42. The van der Waals surface area contributed by atoms with Gasteiger partial charge in [-0.25, -0.2) is 9.97 Å². The molecule has 9 heteroatoms. The first-order valence-corrected chi connectivity index (χ1v) is 11.1. The van der Waals surface area contributed by atoms with Crippen molar-refractivity contribution in [2.75, 3.05) is 37.7 Å². The van der Waals surface area contributed by atoms with Crippen molar-refractivity contribution in [1.29, 1.82) is 0 Å². The van der Waals surface area contributed by atoms with Crippen LogP contribution < -0.4 is 10.5 Å². The van der Waals surface area contributed by atoms with Gasteiger partial charge in [-0.1, -0.05) is 6.07 Å². The van der Waals surface area contributed by atoms with Crippen LogP contribution in [0.1, 0.15) is 16.1 Å². The summed E-state index contributed by atoms with van der Waals surface area (Å²) in [7, 11) is 0. The third-order valence-electron chi connectivity index (χ3n) is 5.10. The van der Waals surface area contributed by atoms with E-state index in [0.717, 1.165) is 67.1 Å². The summed E-state index contributed by atoms with van der Waals surface area (Å²) in [4.78, 5) is 31.7. The van der Waals surface area contributed by atoms with E-state index in [1.54, 1.807) is 22.7 Å². The lowest BCUT2D eigenvalue weighted by atomic mass is 10.1. The van der Waals surface area contributed by atoms with Gasteiger partial charge < -0.3 is 14.6 Å². The molecule has 28 heavy (non-hydrogen) atoms. The molecule has 0 saturated carbocycles. The Morgan fingerprint density at radius 3 is 2.96 bits per heavy atom. The fraction of sp³-hybridized carbons (Fsp3) is 0.421. The molecule has 0 amide bonds. The largest absolute Gasteiger partial charge is 0.378 e. The van der Waals surface area contributed by atoms with Crippen molar-refractivity contribution in [2.24, 2.45) is 0 Å². The molecule has 2 aliphatic heterocycles. The summed E-state index contributed by atoms with van der Waals surface area (Å²) >= 11 is 3.33. The van der Waals surface area contributed by atoms with E-state index >= 15 is 0 Å². The number of thiazole rings is 1. The first kappa shape index (κ1) is 18.0. The van der Waals surface area contributed by atoms with Crippen molar-refractivity contribution in [2.45, 2.75) is 19.5 Å². The van der Waals surface area contributed by atoms with E-state index in [0.29, 0.717) is 12.4 Å². The molecule has 5 rings (SSSR count). The predicted octanol–water partition coefficient (Wildman–Crippen LogP) is 2.35. The summed E-state index contributed by atoms with van der Waals surface area (Å²) in [5.41, 5.74) is 1.71. The first-order chi connectivity index (χ1) is 13.8. The van der Waals surface area contributed by atoms with Gasteiger partial charge in [-0.15, -0.1) is 22.7 Å². The zero-order valence-electron chi connectivity index (χ0n) is 15.4. The van der Waals surface area contributed by atoms with E-state index in [-0.39, 0.29) is 5.56 Å². The molecule has 1 fully saturated rings. The number of hydrogen-bond acceptors (Lipinski definition) is 8. The fourth-order valence-electron chi connectivity index (χ4n) is 3.64. The molecule has 2 aliphatic rings. The molecule has 5 heterocycles. The Labute approximate surface area is 170 Å². The van der Waals surface area contributed by atoms with Gasteiger partial charge in [0.1, 0.15) is 0 Å². The van der Waals surface area contributed by atoms with Crippen LogP contribution in [0.4, 0.5) is 5.13 Å². The van der Waals surface area contributed by atoms with E-state index in [2.05, 4.69) is 19.8 Å². The summed E-state index contributed by atoms with van der Waals surface area (Å²) in [6, 6.07) is 3.96. The maximum absolute atomic E-state index is 12.6. The number of rotatable bonds is 4. The number of aromatic nitrogens is 3. The summed E-state index contributed by atoms with van der Waals surface area (Å²) in [6.45, 7) is 5.68. The van der Waals surface area contributed by atoms with E-state index in [1.165, 1.54) is 4.88 Å². The molecular formula is C19H21N5O2S2. The fourth-order valence-corrected chi connectivity index (χ4v) is 5.31. The minimum absolute atomic E-state index is 0.0172. The van der Waals surface area contributed by atoms with Crippen LogP contribution in [-0.4, -0.2) is 52.7 Å². The highest BCUT2D eigenvalue weighted by Gasteiger charge is 2.23. The minimum Gasteiger partial charge on any atom is -0.378 e. The zero-order chi connectivity index (χ0) is 18.9. The van der Waals surface area contributed by atoms with Crippen molar-refractivity contribution in [3.8, 4) is 10.7 Å². The molecule has 1 saturated heterocycles. The van der Waals surface area contributed by atoms with E-state index < -0.39 is 0 Å². The lowest BCUT2D eigenvalue weighted by molar-refractivity contribution is 0.122. The summed E-state index contributed by atoms with van der Waals surface area (Å²) in [5, 5.41) is 3.06. The molecule has 0 spiro atoms. The molecule has 3 aromatic heterocycles. The van der Waals surface area contributed by atoms with Crippen LogP contribution in [0.15, 0.2) is 28.5 Å². The number of anilines is 1. The minimum atomic E-state index is -0.0172. The van der Waals surface area contributed by atoms with Crippen molar-refractivity contribution < 1.29 is 4.74 Å². The summed E-state index contributed by atoms with van der Waals surface area (Å²) < 4.78 is 5.42. The zero-order valence-corrected chi connectivity index (χ0v) is 17.0. The van der Waals surface area contributed by atoms with Gasteiger partial charge in [0.25, 0.3) is 5.56 Å². The Kier molecular flexibility index (Phi) is 4.98. The highest BCUT2D eigenvalue weighted by molar-refractivity contribution is 7.15. The molecule has 1 N–H and O–H groups in total. The van der Waals surface area contributed by atoms with Gasteiger partial charge in [-0.2, -0.15) is 0 Å².